The molecule has 1 aromatic rings. The van der Waals surface area contributed by atoms with E-state index >= 15 is 0 Å². The number of carbonyl (C=O) groups excluding carboxylic acids is 1. The first-order chi connectivity index (χ1) is 9.74. The predicted molar refractivity (Wildman–Crippen MR) is 77.8 cm³/mol. The third-order valence-electron chi connectivity index (χ3n) is 3.41. The zero-order chi connectivity index (χ0) is 14.2. The lowest BCUT2D eigenvalue weighted by atomic mass is 10.0. The highest BCUT2D eigenvalue weighted by Crippen LogP contribution is 2.19. The van der Waals surface area contributed by atoms with Crippen LogP contribution in [0.5, 0.6) is 5.75 Å². The quantitative estimate of drug-likeness (QED) is 0.797. The van der Waals surface area contributed by atoms with Gasteiger partial charge in [-0.15, -0.1) is 0 Å². The van der Waals surface area contributed by atoms with Crippen molar-refractivity contribution in [2.24, 2.45) is 11.7 Å². The van der Waals surface area contributed by atoms with Crippen LogP contribution in [0.25, 0.3) is 0 Å². The van der Waals surface area contributed by atoms with Crippen molar-refractivity contribution in [3.05, 3.63) is 24.3 Å². The molecule has 0 atom stereocenters. The Morgan fingerprint density at radius 2 is 2.00 bits per heavy atom. The molecule has 2 rings (SSSR count). The molecule has 3 N–H and O–H groups in total. The zero-order valence-electron chi connectivity index (χ0n) is 11.6. The van der Waals surface area contributed by atoms with Crippen molar-refractivity contribution in [1.29, 1.82) is 0 Å². The molecule has 0 bridgehead atoms. The van der Waals surface area contributed by atoms with Crippen molar-refractivity contribution in [2.45, 2.75) is 19.3 Å². The van der Waals surface area contributed by atoms with Crippen molar-refractivity contribution in [3.8, 4) is 5.75 Å². The highest BCUT2D eigenvalue weighted by atomic mass is 16.5. The van der Waals surface area contributed by atoms with Crippen molar-refractivity contribution in [1.82, 2.24) is 0 Å². The third-order valence-corrected chi connectivity index (χ3v) is 3.41. The summed E-state index contributed by atoms with van der Waals surface area (Å²) in [6, 6.07) is 7.76. The highest BCUT2D eigenvalue weighted by Gasteiger charge is 2.13. The third kappa shape index (κ3) is 5.09. The van der Waals surface area contributed by atoms with Gasteiger partial charge in [-0.2, -0.15) is 0 Å². The summed E-state index contributed by atoms with van der Waals surface area (Å²) in [6.07, 6.45) is 2.49. The fourth-order valence-corrected chi connectivity index (χ4v) is 2.15. The van der Waals surface area contributed by atoms with E-state index in [2.05, 4.69) is 5.32 Å². The van der Waals surface area contributed by atoms with Crippen LogP contribution in [-0.2, 0) is 9.53 Å². The molecule has 1 amide bonds. The molecule has 0 saturated carbocycles. The first kappa shape index (κ1) is 14.7. The Morgan fingerprint density at radius 3 is 2.65 bits per heavy atom. The number of hydrogen-bond acceptors (Lipinski definition) is 4. The number of ether oxygens (including phenoxy) is 2. The van der Waals surface area contributed by atoms with Gasteiger partial charge >= 0.3 is 0 Å². The summed E-state index contributed by atoms with van der Waals surface area (Å²) in [6.45, 7) is 3.05. The lowest BCUT2D eigenvalue weighted by Crippen LogP contribution is -2.22. The van der Waals surface area contributed by atoms with Crippen LogP contribution in [0.1, 0.15) is 19.3 Å². The van der Waals surface area contributed by atoms with Crippen molar-refractivity contribution in [2.75, 3.05) is 31.7 Å². The second-order valence-electron chi connectivity index (χ2n) is 5.03. The molecule has 1 heterocycles. The summed E-state index contributed by atoms with van der Waals surface area (Å²) in [5.74, 6) is 1.10. The Hall–Kier alpha value is -1.75. The minimum atomic E-state index is -0.347. The number of rotatable bonds is 7. The number of anilines is 1. The normalized spacial score (nSPS) is 15.8. The average molecular weight is 278 g/mol. The molecular weight excluding hydrogens is 256 g/mol. The summed E-state index contributed by atoms with van der Waals surface area (Å²) < 4.78 is 10.8. The first-order valence-corrected chi connectivity index (χ1v) is 7.07. The molecular formula is C15H22N2O3. The summed E-state index contributed by atoms with van der Waals surface area (Å²) in [5, 5.41) is 3.43. The number of primary amides is 1. The molecule has 20 heavy (non-hydrogen) atoms. The maximum Gasteiger partial charge on any atom is 0.220 e. The second kappa shape index (κ2) is 7.75. The SMILES string of the molecule is NC(=O)CCOc1ccc(NCC2CCOCC2)cc1. The summed E-state index contributed by atoms with van der Waals surface area (Å²) in [7, 11) is 0. The zero-order valence-corrected chi connectivity index (χ0v) is 11.6. The van der Waals surface area contributed by atoms with Gasteiger partial charge < -0.3 is 20.5 Å². The lowest BCUT2D eigenvalue weighted by Gasteiger charge is -2.22. The van der Waals surface area contributed by atoms with Gasteiger partial charge in [0.05, 0.1) is 13.0 Å². The van der Waals surface area contributed by atoms with Gasteiger partial charge in [-0.3, -0.25) is 4.79 Å². The average Bonchev–Trinajstić information content (AvgIpc) is 2.47. The van der Waals surface area contributed by atoms with Crippen molar-refractivity contribution in [3.63, 3.8) is 0 Å². The van der Waals surface area contributed by atoms with Gasteiger partial charge in [0.25, 0.3) is 0 Å². The molecule has 0 aliphatic carbocycles. The summed E-state index contributed by atoms with van der Waals surface area (Å²) in [5.41, 5.74) is 6.14. The molecule has 1 aliphatic heterocycles. The van der Waals surface area contributed by atoms with Crippen LogP contribution in [0, 0.1) is 5.92 Å². The van der Waals surface area contributed by atoms with E-state index in [1.165, 1.54) is 0 Å². The minimum absolute atomic E-state index is 0.240. The predicted octanol–water partition coefficient (Wildman–Crippen LogP) is 1.78. The number of carbonyl (C=O) groups is 1. The summed E-state index contributed by atoms with van der Waals surface area (Å²) >= 11 is 0. The molecule has 1 aromatic carbocycles. The van der Waals surface area contributed by atoms with E-state index in [1.54, 1.807) is 0 Å². The van der Waals surface area contributed by atoms with Crippen LogP contribution in [0.2, 0.25) is 0 Å². The maximum absolute atomic E-state index is 10.6. The maximum atomic E-state index is 10.6. The second-order valence-corrected chi connectivity index (χ2v) is 5.03. The van der Waals surface area contributed by atoms with Crippen LogP contribution in [0.15, 0.2) is 24.3 Å². The Labute approximate surface area is 119 Å². The van der Waals surface area contributed by atoms with E-state index in [0.717, 1.165) is 44.0 Å². The molecule has 110 valence electrons. The van der Waals surface area contributed by atoms with Gasteiger partial charge in [0.15, 0.2) is 0 Å². The molecule has 5 nitrogen and oxygen atoms in total. The molecule has 0 unspecified atom stereocenters. The largest absolute Gasteiger partial charge is 0.493 e. The van der Waals surface area contributed by atoms with Crippen LogP contribution >= 0.6 is 0 Å². The number of amides is 1. The number of benzene rings is 1. The Morgan fingerprint density at radius 1 is 1.30 bits per heavy atom. The van der Waals surface area contributed by atoms with Crippen LogP contribution < -0.4 is 15.8 Å². The standard InChI is InChI=1S/C15H22N2O3/c16-15(18)7-10-20-14-3-1-13(2-4-14)17-11-12-5-8-19-9-6-12/h1-4,12,17H,5-11H2,(H2,16,18). The van der Waals surface area contributed by atoms with Crippen LogP contribution in [0.4, 0.5) is 5.69 Å². The molecule has 0 aromatic heterocycles. The van der Waals surface area contributed by atoms with Gasteiger partial charge in [0, 0.05) is 25.4 Å². The van der Waals surface area contributed by atoms with E-state index in [4.69, 9.17) is 15.2 Å². The fraction of sp³-hybridized carbons (Fsp3) is 0.533. The number of nitrogens with two attached hydrogens (primary N) is 1. The van der Waals surface area contributed by atoms with Crippen LogP contribution in [0.3, 0.4) is 0 Å². The van der Waals surface area contributed by atoms with Gasteiger partial charge in [-0.05, 0) is 43.0 Å². The minimum Gasteiger partial charge on any atom is -0.493 e. The van der Waals surface area contributed by atoms with E-state index < -0.39 is 0 Å². The van der Waals surface area contributed by atoms with Crippen molar-refractivity contribution >= 4 is 11.6 Å². The van der Waals surface area contributed by atoms with Gasteiger partial charge in [-0.1, -0.05) is 0 Å². The molecule has 5 heteroatoms. The van der Waals surface area contributed by atoms with E-state index in [9.17, 15) is 4.79 Å². The van der Waals surface area contributed by atoms with Gasteiger partial charge in [0.2, 0.25) is 5.91 Å². The fourth-order valence-electron chi connectivity index (χ4n) is 2.15. The van der Waals surface area contributed by atoms with Crippen LogP contribution in [-0.4, -0.2) is 32.3 Å². The molecule has 0 radical (unpaired) electrons. The molecule has 1 saturated heterocycles. The number of nitrogens with one attached hydrogen (secondary N) is 1. The van der Waals surface area contributed by atoms with Crippen molar-refractivity contribution < 1.29 is 14.3 Å². The lowest BCUT2D eigenvalue weighted by molar-refractivity contribution is -0.118. The highest BCUT2D eigenvalue weighted by molar-refractivity contribution is 5.73. The Kier molecular flexibility index (Phi) is 5.68. The monoisotopic (exact) mass is 278 g/mol. The Bertz CT molecular complexity index is 414. The van der Waals surface area contributed by atoms with Gasteiger partial charge in [0.1, 0.15) is 5.75 Å². The van der Waals surface area contributed by atoms with Gasteiger partial charge in [-0.25, -0.2) is 0 Å². The first-order valence-electron chi connectivity index (χ1n) is 7.07. The van der Waals surface area contributed by atoms with E-state index in [0.29, 0.717) is 12.5 Å². The molecule has 0 spiro atoms. The molecule has 1 aliphatic rings. The Balaban J connectivity index is 1.71. The van der Waals surface area contributed by atoms with E-state index in [1.807, 2.05) is 24.3 Å². The van der Waals surface area contributed by atoms with E-state index in [-0.39, 0.29) is 12.3 Å². The number of hydrogen-bond donors (Lipinski definition) is 2. The smallest absolute Gasteiger partial charge is 0.220 e. The summed E-state index contributed by atoms with van der Waals surface area (Å²) in [4.78, 5) is 10.6. The topological polar surface area (TPSA) is 73.6 Å². The molecule has 1 fully saturated rings.